The van der Waals surface area contributed by atoms with Crippen LogP contribution in [0.15, 0.2) is 24.3 Å². The molecule has 0 bridgehead atoms. The van der Waals surface area contributed by atoms with Crippen LogP contribution in [0.4, 0.5) is 0 Å². The first-order valence-electron chi connectivity index (χ1n) is 28.4. The first-order valence-corrected chi connectivity index (χ1v) is 28.4. The molecule has 4 unspecified atom stereocenters. The monoisotopic (exact) mass is 1010 g/mol. The molecule has 2 fully saturated rings. The molecule has 0 aromatic heterocycles. The van der Waals surface area contributed by atoms with E-state index in [2.05, 4.69) is 38.2 Å². The van der Waals surface area contributed by atoms with Gasteiger partial charge >= 0.3 is 11.9 Å². The SMILES string of the molecule is CCCCC/C=C/C/C=C/CCCCCCCC(=O)O[C@@H](COC(=O)CCCCCCCCCCCCCCCCCCCCCC)CO[C@@H]1O[C@H](CO[C@@H]2O[C@H](CO)[C@H](O)C(O)C2O)[C@H](O)C(O)C1O. The molecule has 2 aliphatic heterocycles. The van der Waals surface area contributed by atoms with Crippen LogP contribution in [0.5, 0.6) is 0 Å². The van der Waals surface area contributed by atoms with E-state index in [4.69, 9.17) is 28.4 Å². The summed E-state index contributed by atoms with van der Waals surface area (Å²) in [6.45, 7) is 2.59. The molecule has 0 spiro atoms. The van der Waals surface area contributed by atoms with E-state index in [1.54, 1.807) is 0 Å². The fraction of sp³-hybridized carbons (Fsp3) is 0.893. The van der Waals surface area contributed by atoms with Crippen LogP contribution in [0.25, 0.3) is 0 Å². The van der Waals surface area contributed by atoms with Gasteiger partial charge in [-0.2, -0.15) is 0 Å². The van der Waals surface area contributed by atoms with Gasteiger partial charge in [0.15, 0.2) is 18.7 Å². The van der Waals surface area contributed by atoms with Gasteiger partial charge in [-0.15, -0.1) is 0 Å². The Morgan fingerprint density at radius 2 is 0.845 bits per heavy atom. The molecular weight excluding hydrogens is 913 g/mol. The number of carbonyl (C=O) groups is 2. The van der Waals surface area contributed by atoms with Gasteiger partial charge in [-0.25, -0.2) is 0 Å². The molecule has 0 saturated carbocycles. The fourth-order valence-corrected chi connectivity index (χ4v) is 9.01. The summed E-state index contributed by atoms with van der Waals surface area (Å²) in [5.74, 6) is -0.930. The second-order valence-electron chi connectivity index (χ2n) is 20.1. The van der Waals surface area contributed by atoms with Crippen molar-refractivity contribution in [2.45, 2.75) is 293 Å². The van der Waals surface area contributed by atoms with Crippen LogP contribution in [0.1, 0.15) is 226 Å². The molecule has 0 radical (unpaired) electrons. The summed E-state index contributed by atoms with van der Waals surface area (Å²) >= 11 is 0. The summed E-state index contributed by atoms with van der Waals surface area (Å²) < 4.78 is 33.7. The highest BCUT2D eigenvalue weighted by molar-refractivity contribution is 5.70. The zero-order valence-electron chi connectivity index (χ0n) is 44.2. The average molecular weight is 1020 g/mol. The van der Waals surface area contributed by atoms with E-state index >= 15 is 0 Å². The zero-order chi connectivity index (χ0) is 51.7. The number of hydrogen-bond donors (Lipinski definition) is 7. The number of aliphatic hydroxyl groups is 7. The summed E-state index contributed by atoms with van der Waals surface area (Å²) in [5, 5.41) is 72.2. The van der Waals surface area contributed by atoms with Crippen LogP contribution < -0.4 is 0 Å². The van der Waals surface area contributed by atoms with Crippen molar-refractivity contribution in [3.05, 3.63) is 24.3 Å². The van der Waals surface area contributed by atoms with Gasteiger partial charge in [-0.05, 0) is 44.9 Å². The molecule has 15 nitrogen and oxygen atoms in total. The van der Waals surface area contributed by atoms with Gasteiger partial charge in [-0.3, -0.25) is 9.59 Å². The molecule has 2 aliphatic rings. The maximum atomic E-state index is 13.0. The lowest BCUT2D eigenvalue weighted by molar-refractivity contribution is -0.332. The molecule has 2 rings (SSSR count). The number of unbranched alkanes of at least 4 members (excludes halogenated alkanes) is 27. The maximum Gasteiger partial charge on any atom is 0.306 e. The number of hydrogen-bond acceptors (Lipinski definition) is 15. The van der Waals surface area contributed by atoms with Gasteiger partial charge in [-0.1, -0.05) is 192 Å². The fourth-order valence-electron chi connectivity index (χ4n) is 9.01. The van der Waals surface area contributed by atoms with Gasteiger partial charge in [0, 0.05) is 12.8 Å². The number of carbonyl (C=O) groups excluding carboxylic acids is 2. The highest BCUT2D eigenvalue weighted by Crippen LogP contribution is 2.27. The molecule has 71 heavy (non-hydrogen) atoms. The van der Waals surface area contributed by atoms with E-state index in [1.165, 1.54) is 122 Å². The number of aliphatic hydroxyl groups excluding tert-OH is 7. The molecule has 7 N–H and O–H groups in total. The number of ether oxygens (including phenoxy) is 6. The zero-order valence-corrected chi connectivity index (χ0v) is 44.2. The Kier molecular flexibility index (Phi) is 39.6. The predicted molar refractivity (Wildman–Crippen MR) is 275 cm³/mol. The molecule has 11 atom stereocenters. The van der Waals surface area contributed by atoms with E-state index in [9.17, 15) is 45.3 Å². The molecule has 0 aliphatic carbocycles. The number of rotatable bonds is 45. The first kappa shape index (κ1) is 65.1. The topological polar surface area (TPSA) is 231 Å². The minimum atomic E-state index is -1.77. The second-order valence-corrected chi connectivity index (χ2v) is 20.1. The Labute approximate surface area is 428 Å². The van der Waals surface area contributed by atoms with Crippen LogP contribution in [-0.2, 0) is 38.0 Å². The first-order chi connectivity index (χ1) is 34.5. The van der Waals surface area contributed by atoms with Crippen molar-refractivity contribution in [2.24, 2.45) is 0 Å². The summed E-state index contributed by atoms with van der Waals surface area (Å²) in [6, 6.07) is 0. The molecule has 2 heterocycles. The normalized spacial score (nSPS) is 25.3. The van der Waals surface area contributed by atoms with Crippen molar-refractivity contribution >= 4 is 11.9 Å². The van der Waals surface area contributed by atoms with E-state index in [1.807, 2.05) is 0 Å². The van der Waals surface area contributed by atoms with Crippen LogP contribution in [0.2, 0.25) is 0 Å². The van der Waals surface area contributed by atoms with Gasteiger partial charge in [0.1, 0.15) is 55.4 Å². The van der Waals surface area contributed by atoms with Crippen LogP contribution in [-0.4, -0.2) is 142 Å². The van der Waals surface area contributed by atoms with Crippen LogP contribution >= 0.6 is 0 Å². The highest BCUT2D eigenvalue weighted by Gasteiger charge is 2.47. The number of esters is 2. The van der Waals surface area contributed by atoms with Crippen molar-refractivity contribution in [3.8, 4) is 0 Å². The quantitative estimate of drug-likeness (QED) is 0.0171. The smallest absolute Gasteiger partial charge is 0.306 e. The summed E-state index contributed by atoms with van der Waals surface area (Å²) in [6.07, 6.45) is 29.1. The van der Waals surface area contributed by atoms with E-state index in [0.29, 0.717) is 12.8 Å². The number of allylic oxidation sites excluding steroid dienone is 4. The van der Waals surface area contributed by atoms with Crippen molar-refractivity contribution in [2.75, 3.05) is 26.4 Å². The predicted octanol–water partition coefficient (Wildman–Crippen LogP) is 9.11. The molecule has 0 amide bonds. The van der Waals surface area contributed by atoms with E-state index < -0.39 is 92.7 Å². The van der Waals surface area contributed by atoms with Gasteiger partial charge in [0.25, 0.3) is 0 Å². The third-order valence-electron chi connectivity index (χ3n) is 13.7. The highest BCUT2D eigenvalue weighted by atomic mass is 16.7. The Morgan fingerprint density at radius 3 is 1.34 bits per heavy atom. The largest absolute Gasteiger partial charge is 0.462 e. The minimum Gasteiger partial charge on any atom is -0.462 e. The molecule has 2 saturated heterocycles. The standard InChI is InChI=1S/C56H102O15/c1-3-5-7-9-11-13-15-17-19-20-21-22-23-25-26-28-30-32-34-36-38-47(58)66-41-44(69-48(59)39-37-35-33-31-29-27-24-18-16-14-12-10-8-6-4-2)42-67-55-54(65)52(63)50(61)46(71-55)43-68-56-53(64)51(62)49(60)45(40-57)70-56/h12,14,18,24,44-46,49-57,60-65H,3-11,13,15-17,19-23,25-43H2,1-2H3/b14-12+,24-18+/t44-,45+,46+,49-,50-,51?,52?,53?,54?,55+,56+/m0/s1. The summed E-state index contributed by atoms with van der Waals surface area (Å²) in [4.78, 5) is 25.8. The van der Waals surface area contributed by atoms with Gasteiger partial charge < -0.3 is 64.2 Å². The Bertz CT molecular complexity index is 1330. The molecule has 0 aromatic rings. The second kappa shape index (κ2) is 43.2. The van der Waals surface area contributed by atoms with Gasteiger partial charge in [0.2, 0.25) is 0 Å². The lowest BCUT2D eigenvalue weighted by Crippen LogP contribution is -2.61. The molecule has 0 aromatic carbocycles. The lowest BCUT2D eigenvalue weighted by atomic mass is 9.98. The Hall–Kier alpha value is -2.02. The Balaban J connectivity index is 1.75. The van der Waals surface area contributed by atoms with Crippen LogP contribution in [0, 0.1) is 0 Å². The van der Waals surface area contributed by atoms with Gasteiger partial charge in [0.05, 0.1) is 19.8 Å². The lowest BCUT2D eigenvalue weighted by Gasteiger charge is -2.42. The van der Waals surface area contributed by atoms with E-state index in [-0.39, 0.29) is 26.1 Å². The summed E-state index contributed by atoms with van der Waals surface area (Å²) in [7, 11) is 0. The van der Waals surface area contributed by atoms with Crippen molar-refractivity contribution < 1.29 is 73.8 Å². The van der Waals surface area contributed by atoms with Crippen molar-refractivity contribution in [1.82, 2.24) is 0 Å². The van der Waals surface area contributed by atoms with E-state index in [0.717, 1.165) is 64.2 Å². The maximum absolute atomic E-state index is 13.0. The summed E-state index contributed by atoms with van der Waals surface area (Å²) in [5.41, 5.74) is 0. The van der Waals surface area contributed by atoms with Crippen molar-refractivity contribution in [1.29, 1.82) is 0 Å². The molecule has 15 heteroatoms. The molecular formula is C56H102O15. The van der Waals surface area contributed by atoms with Crippen molar-refractivity contribution in [3.63, 3.8) is 0 Å². The minimum absolute atomic E-state index is 0.152. The third kappa shape index (κ3) is 30.8. The third-order valence-corrected chi connectivity index (χ3v) is 13.7. The van der Waals surface area contributed by atoms with Crippen LogP contribution in [0.3, 0.4) is 0 Å². The molecule has 416 valence electrons. The average Bonchev–Trinajstić information content (AvgIpc) is 3.36. The Morgan fingerprint density at radius 1 is 0.451 bits per heavy atom.